The van der Waals surface area contributed by atoms with E-state index < -0.39 is 0 Å². The van der Waals surface area contributed by atoms with Gasteiger partial charge in [0.1, 0.15) is 0 Å². The summed E-state index contributed by atoms with van der Waals surface area (Å²) in [5.74, 6) is 0. The van der Waals surface area contributed by atoms with Gasteiger partial charge in [0.15, 0.2) is 0 Å². The van der Waals surface area contributed by atoms with Gasteiger partial charge in [-0.3, -0.25) is 0 Å². The molecule has 1 aromatic rings. The molecule has 0 bridgehead atoms. The zero-order valence-electron chi connectivity index (χ0n) is 5.89. The molecule has 54 valence electrons. The Morgan fingerprint density at radius 1 is 1.80 bits per heavy atom. The van der Waals surface area contributed by atoms with Crippen LogP contribution in [0, 0.1) is 6.92 Å². The van der Waals surface area contributed by atoms with Gasteiger partial charge in [0.05, 0.1) is 16.1 Å². The van der Waals surface area contributed by atoms with Crippen LogP contribution in [0.5, 0.6) is 0 Å². The summed E-state index contributed by atoms with van der Waals surface area (Å²) in [4.78, 5) is 5.36. The van der Waals surface area contributed by atoms with E-state index in [1.165, 1.54) is 4.88 Å². The first-order valence-corrected chi connectivity index (χ1v) is 4.65. The fraction of sp³-hybridized carbons (Fsp3) is 0.286. The highest BCUT2D eigenvalue weighted by atomic mass is 79.9. The first-order valence-electron chi connectivity index (χ1n) is 2.98. The molecule has 0 atom stereocenters. The second-order valence-electron chi connectivity index (χ2n) is 1.90. The molecule has 0 amide bonds. The SMILES string of the molecule is C/C=C(/Br)c1scnc1C. The molecule has 1 nitrogen and oxygen atoms in total. The summed E-state index contributed by atoms with van der Waals surface area (Å²) in [7, 11) is 0. The van der Waals surface area contributed by atoms with Crippen LogP contribution >= 0.6 is 27.3 Å². The van der Waals surface area contributed by atoms with Crippen molar-refractivity contribution in [3.63, 3.8) is 0 Å². The predicted molar refractivity (Wildman–Crippen MR) is 49.4 cm³/mol. The first-order chi connectivity index (χ1) is 4.75. The van der Waals surface area contributed by atoms with Gasteiger partial charge in [-0.25, -0.2) is 4.98 Å². The van der Waals surface area contributed by atoms with Crippen LogP contribution in [0.4, 0.5) is 0 Å². The molecule has 0 spiro atoms. The van der Waals surface area contributed by atoms with Gasteiger partial charge in [0.25, 0.3) is 0 Å². The molecule has 1 heterocycles. The number of hydrogen-bond acceptors (Lipinski definition) is 2. The van der Waals surface area contributed by atoms with E-state index in [1.54, 1.807) is 11.3 Å². The molecule has 0 aliphatic carbocycles. The van der Waals surface area contributed by atoms with Crippen LogP contribution < -0.4 is 0 Å². The average molecular weight is 218 g/mol. The Kier molecular flexibility index (Phi) is 2.63. The summed E-state index contributed by atoms with van der Waals surface area (Å²) in [6.45, 7) is 4.01. The minimum absolute atomic E-state index is 1.09. The van der Waals surface area contributed by atoms with E-state index in [2.05, 4.69) is 20.9 Å². The summed E-state index contributed by atoms with van der Waals surface area (Å²) in [6, 6.07) is 0. The van der Waals surface area contributed by atoms with Gasteiger partial charge in [-0.1, -0.05) is 6.08 Å². The Balaban J connectivity index is 3.05. The summed E-state index contributed by atoms with van der Waals surface area (Å²) >= 11 is 5.10. The smallest absolute Gasteiger partial charge is 0.0801 e. The zero-order chi connectivity index (χ0) is 7.56. The largest absolute Gasteiger partial charge is 0.249 e. The van der Waals surface area contributed by atoms with Crippen LogP contribution in [0.15, 0.2) is 11.6 Å². The normalized spacial score (nSPS) is 12.1. The number of allylic oxidation sites excluding steroid dienone is 1. The maximum Gasteiger partial charge on any atom is 0.0801 e. The lowest BCUT2D eigenvalue weighted by atomic mass is 10.4. The Morgan fingerprint density at radius 3 is 2.90 bits per heavy atom. The number of hydrogen-bond donors (Lipinski definition) is 0. The quantitative estimate of drug-likeness (QED) is 0.705. The minimum atomic E-state index is 1.09. The highest BCUT2D eigenvalue weighted by Gasteiger charge is 2.02. The second-order valence-corrected chi connectivity index (χ2v) is 3.61. The molecule has 0 aromatic carbocycles. The van der Waals surface area contributed by atoms with Gasteiger partial charge in [-0.2, -0.15) is 0 Å². The van der Waals surface area contributed by atoms with E-state index in [1.807, 2.05) is 25.4 Å². The van der Waals surface area contributed by atoms with Crippen molar-refractivity contribution in [2.75, 3.05) is 0 Å². The third-order valence-corrected chi connectivity index (χ3v) is 3.29. The molecule has 3 heteroatoms. The number of aromatic nitrogens is 1. The third kappa shape index (κ3) is 1.47. The molecule has 0 aliphatic rings. The number of aryl methyl sites for hydroxylation is 1. The van der Waals surface area contributed by atoms with Crippen molar-refractivity contribution in [2.24, 2.45) is 0 Å². The van der Waals surface area contributed by atoms with Gasteiger partial charge in [-0.15, -0.1) is 11.3 Å². The van der Waals surface area contributed by atoms with Gasteiger partial charge < -0.3 is 0 Å². The lowest BCUT2D eigenvalue weighted by Gasteiger charge is -1.92. The Bertz CT molecular complexity index is 252. The van der Waals surface area contributed by atoms with Crippen molar-refractivity contribution >= 4 is 31.7 Å². The highest BCUT2D eigenvalue weighted by Crippen LogP contribution is 2.26. The van der Waals surface area contributed by atoms with Crippen LogP contribution in [0.1, 0.15) is 17.5 Å². The zero-order valence-corrected chi connectivity index (χ0v) is 8.29. The molecular weight excluding hydrogens is 210 g/mol. The number of nitrogens with zero attached hydrogens (tertiary/aromatic N) is 1. The third-order valence-electron chi connectivity index (χ3n) is 1.22. The fourth-order valence-corrected chi connectivity index (χ4v) is 2.00. The molecule has 0 N–H and O–H groups in total. The molecule has 0 fully saturated rings. The van der Waals surface area contributed by atoms with Crippen molar-refractivity contribution in [3.05, 3.63) is 22.2 Å². The molecule has 0 radical (unpaired) electrons. The van der Waals surface area contributed by atoms with Crippen molar-refractivity contribution < 1.29 is 0 Å². The summed E-state index contributed by atoms with van der Waals surface area (Å²) < 4.78 is 1.13. The Hall–Kier alpha value is -0.150. The minimum Gasteiger partial charge on any atom is -0.249 e. The molecular formula is C7H8BrNS. The number of halogens is 1. The summed E-state index contributed by atoms with van der Waals surface area (Å²) in [6.07, 6.45) is 2.03. The van der Waals surface area contributed by atoms with Crippen molar-refractivity contribution in [1.29, 1.82) is 0 Å². The van der Waals surface area contributed by atoms with Gasteiger partial charge in [0, 0.05) is 4.48 Å². The standard InChI is InChI=1S/C7H8BrNS/c1-3-6(8)7-5(2)9-4-10-7/h3-4H,1-2H3/b6-3+. The van der Waals surface area contributed by atoms with E-state index in [0.29, 0.717) is 0 Å². The van der Waals surface area contributed by atoms with E-state index in [9.17, 15) is 0 Å². The van der Waals surface area contributed by atoms with Gasteiger partial charge in [-0.05, 0) is 29.8 Å². The van der Waals surface area contributed by atoms with Crippen LogP contribution in [-0.2, 0) is 0 Å². The fourth-order valence-electron chi connectivity index (χ4n) is 0.662. The van der Waals surface area contributed by atoms with Gasteiger partial charge in [0.2, 0.25) is 0 Å². The van der Waals surface area contributed by atoms with Crippen LogP contribution in [-0.4, -0.2) is 4.98 Å². The number of thiazole rings is 1. The molecule has 0 unspecified atom stereocenters. The number of rotatable bonds is 1. The maximum atomic E-state index is 4.13. The molecule has 1 aromatic heterocycles. The van der Waals surface area contributed by atoms with Crippen LogP contribution in [0.25, 0.3) is 4.48 Å². The Labute approximate surface area is 72.9 Å². The lowest BCUT2D eigenvalue weighted by molar-refractivity contribution is 1.26. The van der Waals surface area contributed by atoms with E-state index in [0.717, 1.165) is 10.2 Å². The van der Waals surface area contributed by atoms with Crippen LogP contribution in [0.3, 0.4) is 0 Å². The lowest BCUT2D eigenvalue weighted by Crippen LogP contribution is -1.74. The van der Waals surface area contributed by atoms with Crippen molar-refractivity contribution in [2.45, 2.75) is 13.8 Å². The van der Waals surface area contributed by atoms with Gasteiger partial charge >= 0.3 is 0 Å². The topological polar surface area (TPSA) is 12.9 Å². The molecule has 1 rings (SSSR count). The van der Waals surface area contributed by atoms with E-state index >= 15 is 0 Å². The highest BCUT2D eigenvalue weighted by molar-refractivity contribution is 9.15. The van der Waals surface area contributed by atoms with E-state index in [4.69, 9.17) is 0 Å². The molecule has 0 aliphatic heterocycles. The molecule has 10 heavy (non-hydrogen) atoms. The second kappa shape index (κ2) is 3.30. The predicted octanol–water partition coefficient (Wildman–Crippen LogP) is 3.21. The van der Waals surface area contributed by atoms with Crippen LogP contribution in [0.2, 0.25) is 0 Å². The molecule has 0 saturated carbocycles. The van der Waals surface area contributed by atoms with Crippen molar-refractivity contribution in [3.8, 4) is 0 Å². The average Bonchev–Trinajstić information content (AvgIpc) is 2.34. The monoisotopic (exact) mass is 217 g/mol. The molecule has 0 saturated heterocycles. The summed E-state index contributed by atoms with van der Waals surface area (Å²) in [5.41, 5.74) is 2.95. The maximum absolute atomic E-state index is 4.13. The van der Waals surface area contributed by atoms with E-state index in [-0.39, 0.29) is 0 Å². The van der Waals surface area contributed by atoms with Crippen molar-refractivity contribution in [1.82, 2.24) is 4.98 Å². The first kappa shape index (κ1) is 7.95. The Morgan fingerprint density at radius 2 is 2.50 bits per heavy atom. The summed E-state index contributed by atoms with van der Waals surface area (Å²) in [5, 5.41) is 0.